The summed E-state index contributed by atoms with van der Waals surface area (Å²) in [5.41, 5.74) is 0.423. The third-order valence-electron chi connectivity index (χ3n) is 4.32. The highest BCUT2D eigenvalue weighted by Crippen LogP contribution is 2.19. The number of benzene rings is 1. The minimum absolute atomic E-state index is 0. The first-order chi connectivity index (χ1) is 10.1. The minimum Gasteiger partial charge on any atom is -0.336 e. The molecule has 1 amide bonds. The van der Waals surface area contributed by atoms with Crippen LogP contribution in [0.1, 0.15) is 16.8 Å². The second-order valence-electron chi connectivity index (χ2n) is 5.60. The van der Waals surface area contributed by atoms with Crippen LogP contribution in [-0.4, -0.2) is 61.0 Å². The first-order valence-corrected chi connectivity index (χ1v) is 8.13. The van der Waals surface area contributed by atoms with Gasteiger partial charge in [0.25, 0.3) is 5.91 Å². The highest BCUT2D eigenvalue weighted by atomic mass is 79.9. The summed E-state index contributed by atoms with van der Waals surface area (Å²) in [4.78, 5) is 16.7. The normalized spacial score (nSPS) is 22.5. The molecule has 2 saturated heterocycles. The summed E-state index contributed by atoms with van der Waals surface area (Å²) in [6.45, 7) is 5.36. The van der Waals surface area contributed by atoms with Gasteiger partial charge in [-0.05, 0) is 47.1 Å². The molecular weight excluding hydrogens is 373 g/mol. The Morgan fingerprint density at radius 1 is 1.27 bits per heavy atom. The van der Waals surface area contributed by atoms with Crippen molar-refractivity contribution >= 4 is 34.2 Å². The molecule has 1 N–H and O–H groups in total. The molecule has 1 aromatic rings. The largest absolute Gasteiger partial charge is 0.336 e. The summed E-state index contributed by atoms with van der Waals surface area (Å²) in [5.74, 6) is -0.470. The van der Waals surface area contributed by atoms with Gasteiger partial charge in [0.1, 0.15) is 5.82 Å². The van der Waals surface area contributed by atoms with E-state index < -0.39 is 5.82 Å². The van der Waals surface area contributed by atoms with Crippen molar-refractivity contribution in [2.24, 2.45) is 0 Å². The molecule has 0 aliphatic carbocycles. The number of halogens is 3. The monoisotopic (exact) mass is 391 g/mol. The second-order valence-corrected chi connectivity index (χ2v) is 6.46. The van der Waals surface area contributed by atoms with E-state index in [1.165, 1.54) is 12.5 Å². The summed E-state index contributed by atoms with van der Waals surface area (Å²) >= 11 is 3.11. The first-order valence-electron chi connectivity index (χ1n) is 7.34. The van der Waals surface area contributed by atoms with Crippen LogP contribution in [0.15, 0.2) is 22.7 Å². The lowest BCUT2D eigenvalue weighted by Crippen LogP contribution is -2.52. The summed E-state index contributed by atoms with van der Waals surface area (Å²) in [5, 5.41) is 3.37. The fourth-order valence-electron chi connectivity index (χ4n) is 3.05. The van der Waals surface area contributed by atoms with Gasteiger partial charge in [-0.3, -0.25) is 9.69 Å². The summed E-state index contributed by atoms with van der Waals surface area (Å²) < 4.78 is 13.9. The number of carbonyl (C=O) groups is 1. The third-order valence-corrected chi connectivity index (χ3v) is 4.96. The molecule has 4 nitrogen and oxygen atoms in total. The number of nitrogens with one attached hydrogen (secondary N) is 1. The summed E-state index contributed by atoms with van der Waals surface area (Å²) in [7, 11) is 0. The molecule has 1 atom stereocenters. The minimum atomic E-state index is -0.392. The SMILES string of the molecule is Cl.O=C(c1ccc(Br)c(F)c1)N1CCN(C2CCNC2)CC1. The molecule has 3 rings (SSSR count). The van der Waals surface area contributed by atoms with Crippen molar-refractivity contribution in [3.63, 3.8) is 0 Å². The van der Waals surface area contributed by atoms with E-state index in [9.17, 15) is 9.18 Å². The molecule has 122 valence electrons. The molecule has 7 heteroatoms. The number of carbonyl (C=O) groups excluding carboxylic acids is 1. The number of amides is 1. The van der Waals surface area contributed by atoms with Crippen LogP contribution in [0.3, 0.4) is 0 Å². The first kappa shape index (κ1) is 17.7. The van der Waals surface area contributed by atoms with Gasteiger partial charge in [-0.2, -0.15) is 0 Å². The van der Waals surface area contributed by atoms with Gasteiger partial charge < -0.3 is 10.2 Å². The van der Waals surface area contributed by atoms with E-state index in [-0.39, 0.29) is 18.3 Å². The van der Waals surface area contributed by atoms with Crippen LogP contribution in [0, 0.1) is 5.82 Å². The van der Waals surface area contributed by atoms with Crippen molar-refractivity contribution in [1.29, 1.82) is 0 Å². The molecule has 1 aromatic carbocycles. The Labute approximate surface area is 144 Å². The zero-order valence-corrected chi connectivity index (χ0v) is 14.6. The molecular formula is C15H20BrClFN3O. The molecule has 0 aromatic heterocycles. The predicted octanol–water partition coefficient (Wildman–Crippen LogP) is 2.13. The lowest BCUT2D eigenvalue weighted by molar-refractivity contribution is 0.0583. The van der Waals surface area contributed by atoms with Crippen molar-refractivity contribution in [1.82, 2.24) is 15.1 Å². The van der Waals surface area contributed by atoms with Crippen LogP contribution in [0.4, 0.5) is 4.39 Å². The summed E-state index contributed by atoms with van der Waals surface area (Å²) in [6, 6.07) is 5.17. The maximum Gasteiger partial charge on any atom is 0.254 e. The molecule has 0 radical (unpaired) electrons. The average Bonchev–Trinajstić information content (AvgIpc) is 3.04. The van der Waals surface area contributed by atoms with Gasteiger partial charge in [-0.15, -0.1) is 12.4 Å². The van der Waals surface area contributed by atoms with Crippen LogP contribution in [0.2, 0.25) is 0 Å². The van der Waals surface area contributed by atoms with Crippen LogP contribution < -0.4 is 5.32 Å². The lowest BCUT2D eigenvalue weighted by atomic mass is 10.1. The lowest BCUT2D eigenvalue weighted by Gasteiger charge is -2.37. The van der Waals surface area contributed by atoms with Crippen LogP contribution in [-0.2, 0) is 0 Å². The number of nitrogens with zero attached hydrogens (tertiary/aromatic N) is 2. The quantitative estimate of drug-likeness (QED) is 0.837. The van der Waals surface area contributed by atoms with Crippen molar-refractivity contribution in [3.05, 3.63) is 34.1 Å². The van der Waals surface area contributed by atoms with Crippen molar-refractivity contribution < 1.29 is 9.18 Å². The Morgan fingerprint density at radius 2 is 2.00 bits per heavy atom. The molecule has 2 heterocycles. The smallest absolute Gasteiger partial charge is 0.254 e. The maximum absolute atomic E-state index is 13.5. The molecule has 2 aliphatic rings. The standard InChI is InChI=1S/C15H19BrFN3O.ClH/c16-13-2-1-11(9-14(13)17)15(21)20-7-5-19(6-8-20)12-3-4-18-10-12;/h1-2,9,12,18H,3-8,10H2;1H. The van der Waals surface area contributed by atoms with E-state index in [4.69, 9.17) is 0 Å². The van der Waals surface area contributed by atoms with E-state index in [2.05, 4.69) is 26.1 Å². The molecule has 1 unspecified atom stereocenters. The van der Waals surface area contributed by atoms with Gasteiger partial charge in [-0.1, -0.05) is 0 Å². The van der Waals surface area contributed by atoms with Gasteiger partial charge in [-0.25, -0.2) is 4.39 Å². The highest BCUT2D eigenvalue weighted by Gasteiger charge is 2.28. The van der Waals surface area contributed by atoms with Gasteiger partial charge in [0, 0.05) is 44.3 Å². The number of rotatable bonds is 2. The molecule has 0 spiro atoms. The van der Waals surface area contributed by atoms with Crippen LogP contribution in [0.5, 0.6) is 0 Å². The Kier molecular flexibility index (Phi) is 6.20. The van der Waals surface area contributed by atoms with Gasteiger partial charge >= 0.3 is 0 Å². The van der Waals surface area contributed by atoms with Crippen LogP contribution in [0.25, 0.3) is 0 Å². The molecule has 2 fully saturated rings. The number of hydrogen-bond donors (Lipinski definition) is 1. The van der Waals surface area contributed by atoms with E-state index >= 15 is 0 Å². The van der Waals surface area contributed by atoms with Crippen molar-refractivity contribution in [2.75, 3.05) is 39.3 Å². The number of hydrogen-bond acceptors (Lipinski definition) is 3. The third kappa shape index (κ3) is 3.79. The molecule has 0 bridgehead atoms. The Balaban J connectivity index is 0.00000176. The van der Waals surface area contributed by atoms with Gasteiger partial charge in [0.2, 0.25) is 0 Å². The number of piperazine rings is 1. The van der Waals surface area contributed by atoms with Gasteiger partial charge in [0.05, 0.1) is 4.47 Å². The Hall–Kier alpha value is -0.690. The fourth-order valence-corrected chi connectivity index (χ4v) is 3.30. The summed E-state index contributed by atoms with van der Waals surface area (Å²) in [6.07, 6.45) is 1.19. The molecule has 2 aliphatic heterocycles. The average molecular weight is 393 g/mol. The predicted molar refractivity (Wildman–Crippen MR) is 90.1 cm³/mol. The molecule has 0 saturated carbocycles. The molecule has 22 heavy (non-hydrogen) atoms. The zero-order valence-electron chi connectivity index (χ0n) is 12.2. The van der Waals surface area contributed by atoms with E-state index in [1.807, 2.05) is 4.90 Å². The zero-order chi connectivity index (χ0) is 14.8. The fraction of sp³-hybridized carbons (Fsp3) is 0.533. The van der Waals surface area contributed by atoms with Gasteiger partial charge in [0.15, 0.2) is 0 Å². The second kappa shape index (κ2) is 7.73. The Morgan fingerprint density at radius 3 is 2.59 bits per heavy atom. The van der Waals surface area contributed by atoms with E-state index in [0.29, 0.717) is 29.2 Å². The van der Waals surface area contributed by atoms with E-state index in [1.54, 1.807) is 12.1 Å². The Bertz CT molecular complexity index is 532. The van der Waals surface area contributed by atoms with Crippen molar-refractivity contribution in [3.8, 4) is 0 Å². The maximum atomic E-state index is 13.5. The topological polar surface area (TPSA) is 35.6 Å². The van der Waals surface area contributed by atoms with Crippen molar-refractivity contribution in [2.45, 2.75) is 12.5 Å². The highest BCUT2D eigenvalue weighted by molar-refractivity contribution is 9.10. The van der Waals surface area contributed by atoms with E-state index in [0.717, 1.165) is 26.2 Å². The van der Waals surface area contributed by atoms with Crippen LogP contribution >= 0.6 is 28.3 Å².